The number of aryl methyl sites for hydroxylation is 1. The number of rotatable bonds is 4. The van der Waals surface area contributed by atoms with Crippen molar-refractivity contribution in [1.29, 1.82) is 0 Å². The Morgan fingerprint density at radius 3 is 2.27 bits per heavy atom. The first-order valence-electron chi connectivity index (χ1n) is 9.24. The Balaban J connectivity index is 1.56. The van der Waals surface area contributed by atoms with Crippen LogP contribution in [0.2, 0.25) is 0 Å². The molecule has 2 amide bonds. The number of nitrogens with zero attached hydrogens (tertiary/aromatic N) is 3. The largest absolute Gasteiger partial charge is 0.378 e. The quantitative estimate of drug-likeness (QED) is 0.912. The van der Waals surface area contributed by atoms with Crippen LogP contribution in [0.25, 0.3) is 0 Å². The summed E-state index contributed by atoms with van der Waals surface area (Å²) in [6, 6.07) is 16.4. The van der Waals surface area contributed by atoms with Gasteiger partial charge in [0, 0.05) is 57.3 Å². The van der Waals surface area contributed by atoms with Crippen molar-refractivity contribution in [2.45, 2.75) is 13.3 Å². The molecule has 0 aromatic heterocycles. The lowest BCUT2D eigenvalue weighted by molar-refractivity contribution is 0.208. The molecule has 1 saturated heterocycles. The van der Waals surface area contributed by atoms with Crippen molar-refractivity contribution in [2.75, 3.05) is 55.4 Å². The second kappa shape index (κ2) is 8.13. The van der Waals surface area contributed by atoms with Gasteiger partial charge in [0.15, 0.2) is 0 Å². The third kappa shape index (κ3) is 4.10. The summed E-state index contributed by atoms with van der Waals surface area (Å²) in [6.45, 7) is 5.39. The predicted octanol–water partition coefficient (Wildman–Crippen LogP) is 3.67. The van der Waals surface area contributed by atoms with Gasteiger partial charge >= 0.3 is 6.03 Å². The highest BCUT2D eigenvalue weighted by Crippen LogP contribution is 2.22. The number of benzene rings is 2. The molecule has 1 fully saturated rings. The highest BCUT2D eigenvalue weighted by Gasteiger charge is 2.22. The molecular weight excluding hydrogens is 324 g/mol. The van der Waals surface area contributed by atoms with E-state index >= 15 is 0 Å². The maximum atomic E-state index is 12.5. The van der Waals surface area contributed by atoms with E-state index in [1.54, 1.807) is 0 Å². The van der Waals surface area contributed by atoms with Gasteiger partial charge in [0.1, 0.15) is 0 Å². The van der Waals surface area contributed by atoms with E-state index in [2.05, 4.69) is 41.4 Å². The molecule has 1 aliphatic heterocycles. The minimum absolute atomic E-state index is 0.0222. The highest BCUT2D eigenvalue weighted by molar-refractivity contribution is 5.89. The number of anilines is 3. The van der Waals surface area contributed by atoms with Crippen molar-refractivity contribution in [1.82, 2.24) is 4.90 Å². The summed E-state index contributed by atoms with van der Waals surface area (Å²) < 4.78 is 0. The molecule has 0 aliphatic carbocycles. The average Bonchev–Trinajstić information content (AvgIpc) is 2.68. The molecule has 0 spiro atoms. The van der Waals surface area contributed by atoms with Crippen LogP contribution in [0.1, 0.15) is 12.5 Å². The van der Waals surface area contributed by atoms with Crippen molar-refractivity contribution in [3.05, 3.63) is 54.1 Å². The topological polar surface area (TPSA) is 38.8 Å². The zero-order chi connectivity index (χ0) is 18.5. The van der Waals surface area contributed by atoms with Crippen molar-refractivity contribution in [3.63, 3.8) is 0 Å². The zero-order valence-corrected chi connectivity index (χ0v) is 15.9. The van der Waals surface area contributed by atoms with Crippen LogP contribution >= 0.6 is 0 Å². The van der Waals surface area contributed by atoms with E-state index in [0.717, 1.165) is 44.0 Å². The summed E-state index contributed by atoms with van der Waals surface area (Å²) >= 11 is 0. The number of para-hydroxylation sites is 1. The van der Waals surface area contributed by atoms with Gasteiger partial charge in [-0.2, -0.15) is 0 Å². The predicted molar refractivity (Wildman–Crippen MR) is 109 cm³/mol. The second-order valence-corrected chi connectivity index (χ2v) is 6.83. The first-order chi connectivity index (χ1) is 12.6. The number of amides is 2. The maximum absolute atomic E-state index is 12.5. The lowest BCUT2D eigenvalue weighted by atomic mass is 10.1. The van der Waals surface area contributed by atoms with Crippen molar-refractivity contribution >= 4 is 23.1 Å². The minimum atomic E-state index is -0.0222. The van der Waals surface area contributed by atoms with E-state index in [1.807, 2.05) is 48.2 Å². The Morgan fingerprint density at radius 2 is 1.65 bits per heavy atom. The summed E-state index contributed by atoms with van der Waals surface area (Å²) in [7, 11) is 4.01. The standard InChI is InChI=1S/C21H28N4O/c1-4-17-7-5-6-8-20(17)24-13-15-25(16-14-24)21(26)22-18-9-11-19(12-10-18)23(2)3/h5-12H,4,13-16H2,1-3H3,(H,22,26). The molecule has 0 unspecified atom stereocenters. The van der Waals surface area contributed by atoms with Crippen LogP contribution in [-0.4, -0.2) is 51.2 Å². The van der Waals surface area contributed by atoms with Crippen LogP contribution in [0.15, 0.2) is 48.5 Å². The molecule has 26 heavy (non-hydrogen) atoms. The van der Waals surface area contributed by atoms with Crippen LogP contribution in [0.3, 0.4) is 0 Å². The number of carbonyl (C=O) groups excluding carboxylic acids is 1. The van der Waals surface area contributed by atoms with E-state index < -0.39 is 0 Å². The minimum Gasteiger partial charge on any atom is -0.378 e. The van der Waals surface area contributed by atoms with Crippen molar-refractivity contribution < 1.29 is 4.79 Å². The van der Waals surface area contributed by atoms with Crippen LogP contribution in [0.4, 0.5) is 21.9 Å². The van der Waals surface area contributed by atoms with Crippen molar-refractivity contribution in [2.24, 2.45) is 0 Å². The molecule has 2 aromatic rings. The Morgan fingerprint density at radius 1 is 1.00 bits per heavy atom. The number of piperazine rings is 1. The third-order valence-corrected chi connectivity index (χ3v) is 4.92. The zero-order valence-electron chi connectivity index (χ0n) is 15.9. The summed E-state index contributed by atoms with van der Waals surface area (Å²) in [5.41, 5.74) is 4.62. The fourth-order valence-corrected chi connectivity index (χ4v) is 3.31. The van der Waals surface area contributed by atoms with Gasteiger partial charge in [-0.05, 0) is 42.3 Å². The monoisotopic (exact) mass is 352 g/mol. The van der Waals surface area contributed by atoms with Gasteiger partial charge in [-0.25, -0.2) is 4.79 Å². The Hall–Kier alpha value is -2.69. The number of nitrogens with one attached hydrogen (secondary N) is 1. The molecular formula is C21H28N4O. The maximum Gasteiger partial charge on any atom is 0.321 e. The molecule has 1 heterocycles. The van der Waals surface area contributed by atoms with Crippen LogP contribution in [-0.2, 0) is 6.42 Å². The molecule has 138 valence electrons. The average molecular weight is 352 g/mol. The molecule has 5 heteroatoms. The van der Waals surface area contributed by atoms with Crippen LogP contribution in [0, 0.1) is 0 Å². The summed E-state index contributed by atoms with van der Waals surface area (Å²) in [6.07, 6.45) is 1.03. The normalized spacial score (nSPS) is 14.3. The lowest BCUT2D eigenvalue weighted by Crippen LogP contribution is -2.50. The Bertz CT molecular complexity index is 734. The van der Waals surface area contributed by atoms with Crippen molar-refractivity contribution in [3.8, 4) is 0 Å². The summed E-state index contributed by atoms with van der Waals surface area (Å²) in [5.74, 6) is 0. The summed E-state index contributed by atoms with van der Waals surface area (Å²) in [5, 5.41) is 3.00. The first-order valence-corrected chi connectivity index (χ1v) is 9.24. The molecule has 3 rings (SSSR count). The summed E-state index contributed by atoms with van der Waals surface area (Å²) in [4.78, 5) is 18.9. The van der Waals surface area contributed by atoms with E-state index in [-0.39, 0.29) is 6.03 Å². The molecule has 0 saturated carbocycles. The number of urea groups is 1. The van der Waals surface area contributed by atoms with Gasteiger partial charge in [-0.15, -0.1) is 0 Å². The van der Waals surface area contributed by atoms with Gasteiger partial charge in [-0.3, -0.25) is 0 Å². The van der Waals surface area contributed by atoms with Gasteiger partial charge in [-0.1, -0.05) is 25.1 Å². The Labute approximate surface area is 156 Å². The third-order valence-electron chi connectivity index (χ3n) is 4.92. The fourth-order valence-electron chi connectivity index (χ4n) is 3.31. The van der Waals surface area contributed by atoms with E-state index in [4.69, 9.17) is 0 Å². The van der Waals surface area contributed by atoms with E-state index in [1.165, 1.54) is 11.3 Å². The van der Waals surface area contributed by atoms with E-state index in [0.29, 0.717) is 0 Å². The van der Waals surface area contributed by atoms with Crippen LogP contribution < -0.4 is 15.1 Å². The van der Waals surface area contributed by atoms with Gasteiger partial charge < -0.3 is 20.0 Å². The van der Waals surface area contributed by atoms with Gasteiger partial charge in [0.05, 0.1) is 0 Å². The highest BCUT2D eigenvalue weighted by atomic mass is 16.2. The number of hydrogen-bond donors (Lipinski definition) is 1. The molecule has 0 bridgehead atoms. The first kappa shape index (κ1) is 18.1. The lowest BCUT2D eigenvalue weighted by Gasteiger charge is -2.37. The number of carbonyl (C=O) groups is 1. The molecule has 2 aromatic carbocycles. The van der Waals surface area contributed by atoms with Gasteiger partial charge in [0.2, 0.25) is 0 Å². The molecule has 1 N–H and O–H groups in total. The smallest absolute Gasteiger partial charge is 0.321 e. The van der Waals surface area contributed by atoms with Gasteiger partial charge in [0.25, 0.3) is 0 Å². The SMILES string of the molecule is CCc1ccccc1N1CCN(C(=O)Nc2ccc(N(C)C)cc2)CC1. The van der Waals surface area contributed by atoms with E-state index in [9.17, 15) is 4.79 Å². The second-order valence-electron chi connectivity index (χ2n) is 6.83. The molecule has 1 aliphatic rings. The molecule has 5 nitrogen and oxygen atoms in total. The fraction of sp³-hybridized carbons (Fsp3) is 0.381. The van der Waals surface area contributed by atoms with Crippen LogP contribution in [0.5, 0.6) is 0 Å². The number of hydrogen-bond acceptors (Lipinski definition) is 3. The Kier molecular flexibility index (Phi) is 5.66. The molecule has 0 atom stereocenters. The molecule has 0 radical (unpaired) electrons.